The predicted molar refractivity (Wildman–Crippen MR) is 61.1 cm³/mol. The van der Waals surface area contributed by atoms with Crippen LogP contribution in [-0.4, -0.2) is 11.7 Å². The van der Waals surface area contributed by atoms with Crippen molar-refractivity contribution in [1.29, 1.82) is 0 Å². The highest BCUT2D eigenvalue weighted by Gasteiger charge is 2.09. The highest BCUT2D eigenvalue weighted by atomic mass is 79.9. The summed E-state index contributed by atoms with van der Waals surface area (Å²) < 4.78 is 0.944. The van der Waals surface area contributed by atoms with Crippen LogP contribution in [0.4, 0.5) is 0 Å². The molecule has 0 aliphatic carbocycles. The third-order valence-electron chi connectivity index (χ3n) is 1.97. The van der Waals surface area contributed by atoms with Crippen LogP contribution >= 0.6 is 15.9 Å². The van der Waals surface area contributed by atoms with Crippen LogP contribution in [0.5, 0.6) is 5.75 Å². The zero-order chi connectivity index (χ0) is 10.6. The van der Waals surface area contributed by atoms with E-state index >= 15 is 0 Å². The largest absolute Gasteiger partial charge is 0.508 e. The van der Waals surface area contributed by atoms with Crippen molar-refractivity contribution in [1.82, 2.24) is 5.32 Å². The minimum absolute atomic E-state index is 0.0450. The first-order valence-electron chi connectivity index (χ1n) is 4.30. The van der Waals surface area contributed by atoms with Gasteiger partial charge in [-0.15, -0.1) is 6.42 Å². The number of phenols is 1. The maximum atomic E-state index is 9.59. The summed E-state index contributed by atoms with van der Waals surface area (Å²) in [6.07, 6.45) is 5.14. The number of rotatable bonds is 3. The summed E-state index contributed by atoms with van der Waals surface area (Å²) >= 11 is 3.35. The molecule has 0 bridgehead atoms. The van der Waals surface area contributed by atoms with Crippen molar-refractivity contribution in [3.8, 4) is 18.1 Å². The first kappa shape index (κ1) is 11.1. The lowest BCUT2D eigenvalue weighted by Gasteiger charge is -2.14. The average molecular weight is 254 g/mol. The van der Waals surface area contributed by atoms with Crippen LogP contribution in [0.15, 0.2) is 22.7 Å². The van der Waals surface area contributed by atoms with Crippen LogP contribution in [0, 0.1) is 12.3 Å². The van der Waals surface area contributed by atoms with Crippen LogP contribution in [0.3, 0.4) is 0 Å². The molecule has 2 N–H and O–H groups in total. The first-order chi connectivity index (χ1) is 6.65. The molecule has 2 nitrogen and oxygen atoms in total. The maximum absolute atomic E-state index is 9.59. The number of aromatic hydroxyl groups is 1. The van der Waals surface area contributed by atoms with Gasteiger partial charge in [0.25, 0.3) is 0 Å². The number of nitrogens with one attached hydrogen (secondary N) is 1. The monoisotopic (exact) mass is 253 g/mol. The van der Waals surface area contributed by atoms with E-state index in [2.05, 4.69) is 27.2 Å². The number of phenolic OH excluding ortho intramolecular Hbond substituents is 1. The lowest BCUT2D eigenvalue weighted by Crippen LogP contribution is -2.18. The molecule has 0 spiro atoms. The number of hydrogen-bond donors (Lipinski definition) is 2. The Hall–Kier alpha value is -0.980. The molecule has 0 heterocycles. The van der Waals surface area contributed by atoms with Gasteiger partial charge in [0.15, 0.2) is 0 Å². The van der Waals surface area contributed by atoms with Gasteiger partial charge in [0.2, 0.25) is 0 Å². The summed E-state index contributed by atoms with van der Waals surface area (Å²) in [7, 11) is 0. The number of halogens is 1. The standard InChI is InChI=1S/C11H12BrNO/c1-3-6-13-8(2)10-7-9(12)4-5-11(10)14/h1,4-5,7-8,13-14H,6H2,2H3. The van der Waals surface area contributed by atoms with Crippen molar-refractivity contribution in [3.63, 3.8) is 0 Å². The Bertz CT molecular complexity index is 357. The molecule has 1 aromatic carbocycles. The Balaban J connectivity index is 2.83. The number of benzene rings is 1. The van der Waals surface area contributed by atoms with E-state index in [0.717, 1.165) is 10.0 Å². The van der Waals surface area contributed by atoms with E-state index < -0.39 is 0 Å². The van der Waals surface area contributed by atoms with Gasteiger partial charge in [-0.05, 0) is 25.1 Å². The summed E-state index contributed by atoms with van der Waals surface area (Å²) in [6, 6.07) is 5.38. The Morgan fingerprint density at radius 2 is 2.36 bits per heavy atom. The van der Waals surface area contributed by atoms with Crippen molar-refractivity contribution in [2.24, 2.45) is 0 Å². The third kappa shape index (κ3) is 2.76. The van der Waals surface area contributed by atoms with Gasteiger partial charge in [-0.1, -0.05) is 21.9 Å². The van der Waals surface area contributed by atoms with E-state index in [-0.39, 0.29) is 11.8 Å². The summed E-state index contributed by atoms with van der Waals surface area (Å²) in [5, 5.41) is 12.7. The molecule has 1 unspecified atom stereocenters. The molecule has 0 saturated heterocycles. The predicted octanol–water partition coefficient (Wildman–Crippen LogP) is 2.44. The summed E-state index contributed by atoms with van der Waals surface area (Å²) in [6.45, 7) is 2.45. The van der Waals surface area contributed by atoms with Crippen LogP contribution < -0.4 is 5.32 Å². The van der Waals surface area contributed by atoms with Crippen LogP contribution in [0.1, 0.15) is 18.5 Å². The molecular weight excluding hydrogens is 242 g/mol. The molecule has 14 heavy (non-hydrogen) atoms. The molecule has 0 aliphatic heterocycles. The summed E-state index contributed by atoms with van der Waals surface area (Å²) in [5.41, 5.74) is 0.842. The zero-order valence-electron chi connectivity index (χ0n) is 7.92. The van der Waals surface area contributed by atoms with Gasteiger partial charge in [-0.2, -0.15) is 0 Å². The second kappa shape index (κ2) is 5.04. The van der Waals surface area contributed by atoms with E-state index in [4.69, 9.17) is 6.42 Å². The van der Waals surface area contributed by atoms with Crippen molar-refractivity contribution in [3.05, 3.63) is 28.2 Å². The van der Waals surface area contributed by atoms with E-state index in [1.807, 2.05) is 13.0 Å². The average Bonchev–Trinajstić information content (AvgIpc) is 2.18. The number of hydrogen-bond acceptors (Lipinski definition) is 2. The molecule has 0 aliphatic rings. The normalized spacial score (nSPS) is 12.1. The molecule has 0 saturated carbocycles. The van der Waals surface area contributed by atoms with Crippen LogP contribution in [0.25, 0.3) is 0 Å². The third-order valence-corrected chi connectivity index (χ3v) is 2.46. The van der Waals surface area contributed by atoms with Crippen LogP contribution in [-0.2, 0) is 0 Å². The second-order valence-electron chi connectivity index (χ2n) is 3.01. The van der Waals surface area contributed by atoms with Crippen molar-refractivity contribution in [2.45, 2.75) is 13.0 Å². The molecule has 1 aromatic rings. The Morgan fingerprint density at radius 3 is 3.00 bits per heavy atom. The molecule has 0 amide bonds. The van der Waals surface area contributed by atoms with E-state index in [9.17, 15) is 5.11 Å². The fourth-order valence-electron chi connectivity index (χ4n) is 1.19. The van der Waals surface area contributed by atoms with Gasteiger partial charge in [0, 0.05) is 16.1 Å². The fraction of sp³-hybridized carbons (Fsp3) is 0.273. The van der Waals surface area contributed by atoms with Crippen molar-refractivity contribution >= 4 is 15.9 Å². The quantitative estimate of drug-likeness (QED) is 0.812. The van der Waals surface area contributed by atoms with E-state index in [1.165, 1.54) is 0 Å². The van der Waals surface area contributed by atoms with Gasteiger partial charge in [-0.25, -0.2) is 0 Å². The van der Waals surface area contributed by atoms with Gasteiger partial charge in [0.1, 0.15) is 5.75 Å². The molecule has 74 valence electrons. The Kier molecular flexibility index (Phi) is 3.99. The van der Waals surface area contributed by atoms with Crippen LogP contribution in [0.2, 0.25) is 0 Å². The molecule has 0 radical (unpaired) electrons. The number of terminal acetylenes is 1. The first-order valence-corrected chi connectivity index (χ1v) is 5.09. The Labute approximate surface area is 92.5 Å². The molecule has 1 atom stereocenters. The van der Waals surface area contributed by atoms with E-state index in [0.29, 0.717) is 6.54 Å². The van der Waals surface area contributed by atoms with Gasteiger partial charge >= 0.3 is 0 Å². The lowest BCUT2D eigenvalue weighted by molar-refractivity contribution is 0.456. The van der Waals surface area contributed by atoms with Crippen molar-refractivity contribution < 1.29 is 5.11 Å². The van der Waals surface area contributed by atoms with Gasteiger partial charge in [0.05, 0.1) is 6.54 Å². The van der Waals surface area contributed by atoms with Gasteiger partial charge in [-0.3, -0.25) is 5.32 Å². The smallest absolute Gasteiger partial charge is 0.120 e. The molecule has 0 fully saturated rings. The highest BCUT2D eigenvalue weighted by molar-refractivity contribution is 9.10. The molecular formula is C11H12BrNO. The fourth-order valence-corrected chi connectivity index (χ4v) is 1.57. The lowest BCUT2D eigenvalue weighted by atomic mass is 10.1. The summed E-state index contributed by atoms with van der Waals surface area (Å²) in [5.74, 6) is 2.78. The zero-order valence-corrected chi connectivity index (χ0v) is 9.51. The van der Waals surface area contributed by atoms with Gasteiger partial charge < -0.3 is 5.11 Å². The maximum Gasteiger partial charge on any atom is 0.120 e. The molecule has 0 aromatic heterocycles. The minimum Gasteiger partial charge on any atom is -0.508 e. The van der Waals surface area contributed by atoms with E-state index in [1.54, 1.807) is 12.1 Å². The minimum atomic E-state index is 0.0450. The van der Waals surface area contributed by atoms with Crippen molar-refractivity contribution in [2.75, 3.05) is 6.54 Å². The SMILES string of the molecule is C#CCNC(C)c1cc(Br)ccc1O. The Morgan fingerprint density at radius 1 is 1.64 bits per heavy atom. The second-order valence-corrected chi connectivity index (χ2v) is 3.93. The molecule has 1 rings (SSSR count). The highest BCUT2D eigenvalue weighted by Crippen LogP contribution is 2.27. The molecule has 3 heteroatoms. The summed E-state index contributed by atoms with van der Waals surface area (Å²) in [4.78, 5) is 0. The topological polar surface area (TPSA) is 32.3 Å².